The number of ether oxygens (including phenoxy) is 1. The van der Waals surface area contributed by atoms with Gasteiger partial charge in [0.15, 0.2) is 0 Å². The molecule has 0 aliphatic carbocycles. The first-order valence-corrected chi connectivity index (χ1v) is 7.58. The lowest BCUT2D eigenvalue weighted by Gasteiger charge is -2.29. The summed E-state index contributed by atoms with van der Waals surface area (Å²) in [5, 5.41) is 12.0. The van der Waals surface area contributed by atoms with Gasteiger partial charge in [0, 0.05) is 19.8 Å². The van der Waals surface area contributed by atoms with Gasteiger partial charge in [-0.2, -0.15) is 5.26 Å². The van der Waals surface area contributed by atoms with Gasteiger partial charge >= 0.3 is 0 Å². The number of carbonyl (C=O) groups excluding carboxylic acids is 1. The highest BCUT2D eigenvalue weighted by molar-refractivity contribution is 5.86. The molecule has 1 atom stereocenters. The van der Waals surface area contributed by atoms with Crippen molar-refractivity contribution < 1.29 is 9.53 Å². The predicted molar refractivity (Wildman–Crippen MR) is 80.5 cm³/mol. The van der Waals surface area contributed by atoms with E-state index < -0.39 is 5.41 Å². The van der Waals surface area contributed by atoms with Crippen molar-refractivity contribution in [3.8, 4) is 6.07 Å². The molecule has 3 rings (SSSR count). The van der Waals surface area contributed by atoms with E-state index in [1.807, 2.05) is 30.3 Å². The zero-order valence-corrected chi connectivity index (χ0v) is 12.3. The van der Waals surface area contributed by atoms with Gasteiger partial charge in [0.1, 0.15) is 5.41 Å². The normalized spacial score (nSPS) is 24.4. The lowest BCUT2D eigenvalue weighted by Crippen LogP contribution is -2.46. The molecule has 1 N–H and O–H groups in total. The highest BCUT2D eigenvalue weighted by Gasteiger charge is 2.40. The number of hydrogen-bond donors (Lipinski definition) is 1. The molecule has 0 radical (unpaired) electrons. The number of rotatable bonds is 2. The van der Waals surface area contributed by atoms with Gasteiger partial charge in [-0.1, -0.05) is 30.3 Å². The second-order valence-electron chi connectivity index (χ2n) is 5.54. The highest BCUT2D eigenvalue weighted by Crippen LogP contribution is 2.30. The molecule has 0 bridgehead atoms. The Morgan fingerprint density at radius 1 is 1.19 bits per heavy atom. The Balaban J connectivity index is 0.000000272. The molecule has 1 aromatic carbocycles. The van der Waals surface area contributed by atoms with Crippen molar-refractivity contribution in [2.45, 2.75) is 32.1 Å². The maximum atomic E-state index is 11.8. The minimum absolute atomic E-state index is 0.120. The Morgan fingerprint density at radius 3 is 2.43 bits per heavy atom. The third kappa shape index (κ3) is 4.30. The van der Waals surface area contributed by atoms with Crippen molar-refractivity contribution >= 4 is 5.91 Å². The fraction of sp³-hybridized carbons (Fsp3) is 0.529. The summed E-state index contributed by atoms with van der Waals surface area (Å²) < 4.78 is 4.94. The van der Waals surface area contributed by atoms with E-state index in [9.17, 15) is 10.1 Å². The Kier molecular flexibility index (Phi) is 5.77. The van der Waals surface area contributed by atoms with Crippen molar-refractivity contribution in [2.24, 2.45) is 5.41 Å². The summed E-state index contributed by atoms with van der Waals surface area (Å²) in [7, 11) is 0. The number of carbonyl (C=O) groups is 1. The van der Waals surface area contributed by atoms with E-state index in [1.165, 1.54) is 12.8 Å². The maximum absolute atomic E-state index is 11.8. The van der Waals surface area contributed by atoms with E-state index in [0.717, 1.165) is 25.2 Å². The Morgan fingerprint density at radius 2 is 1.90 bits per heavy atom. The molecule has 0 saturated carbocycles. The second kappa shape index (κ2) is 7.80. The fourth-order valence-corrected chi connectivity index (χ4v) is 2.64. The van der Waals surface area contributed by atoms with Crippen LogP contribution in [0.3, 0.4) is 0 Å². The van der Waals surface area contributed by atoms with Gasteiger partial charge in [0.05, 0.1) is 6.07 Å². The summed E-state index contributed by atoms with van der Waals surface area (Å²) in [6.07, 6.45) is 4.60. The summed E-state index contributed by atoms with van der Waals surface area (Å²) >= 11 is 0. The number of benzene rings is 1. The van der Waals surface area contributed by atoms with Gasteiger partial charge in [0.2, 0.25) is 5.91 Å². The zero-order valence-electron chi connectivity index (χ0n) is 12.3. The number of piperidine rings is 1. The molecule has 1 amide bonds. The Bertz CT molecular complexity index is 484. The van der Waals surface area contributed by atoms with Gasteiger partial charge in [0.25, 0.3) is 0 Å². The van der Waals surface area contributed by atoms with E-state index in [0.29, 0.717) is 19.4 Å². The van der Waals surface area contributed by atoms with E-state index in [2.05, 4.69) is 11.4 Å². The van der Waals surface area contributed by atoms with E-state index in [-0.39, 0.29) is 5.91 Å². The first kappa shape index (κ1) is 15.5. The number of nitrogens with one attached hydrogen (secondary N) is 1. The Hall–Kier alpha value is -1.86. The van der Waals surface area contributed by atoms with Crippen LogP contribution in [0.1, 0.15) is 31.2 Å². The third-order valence-electron chi connectivity index (χ3n) is 3.89. The lowest BCUT2D eigenvalue weighted by atomic mass is 9.76. The fourth-order valence-electron chi connectivity index (χ4n) is 2.64. The largest absolute Gasteiger partial charge is 0.381 e. The molecule has 2 saturated heterocycles. The minimum atomic E-state index is -0.862. The van der Waals surface area contributed by atoms with E-state index in [1.54, 1.807) is 0 Å². The molecule has 2 heterocycles. The molecule has 112 valence electrons. The molecule has 4 nitrogen and oxygen atoms in total. The Labute approximate surface area is 126 Å². The molecule has 0 aromatic heterocycles. The summed E-state index contributed by atoms with van der Waals surface area (Å²) in [6.45, 7) is 2.69. The first-order valence-electron chi connectivity index (χ1n) is 7.58. The van der Waals surface area contributed by atoms with Crippen LogP contribution >= 0.6 is 0 Å². The van der Waals surface area contributed by atoms with Crippen LogP contribution in [0.4, 0.5) is 0 Å². The quantitative estimate of drug-likeness (QED) is 0.908. The number of hydrogen-bond acceptors (Lipinski definition) is 3. The van der Waals surface area contributed by atoms with Gasteiger partial charge in [-0.25, -0.2) is 0 Å². The summed E-state index contributed by atoms with van der Waals surface area (Å²) in [5.41, 5.74) is 0.181. The molecule has 4 heteroatoms. The predicted octanol–water partition coefficient (Wildman–Crippen LogP) is 2.45. The van der Waals surface area contributed by atoms with Crippen molar-refractivity contribution in [2.75, 3.05) is 19.8 Å². The minimum Gasteiger partial charge on any atom is -0.381 e. The molecule has 2 fully saturated rings. The van der Waals surface area contributed by atoms with Crippen molar-refractivity contribution in [1.29, 1.82) is 5.26 Å². The van der Waals surface area contributed by atoms with E-state index in [4.69, 9.17) is 4.74 Å². The second-order valence-corrected chi connectivity index (χ2v) is 5.54. The van der Waals surface area contributed by atoms with E-state index >= 15 is 0 Å². The van der Waals surface area contributed by atoms with Crippen LogP contribution in [-0.4, -0.2) is 25.7 Å². The molecular weight excluding hydrogens is 264 g/mol. The number of nitriles is 1. The van der Waals surface area contributed by atoms with Crippen molar-refractivity contribution in [3.05, 3.63) is 35.9 Å². The molecule has 0 spiro atoms. The molecule has 1 unspecified atom stereocenters. The topological polar surface area (TPSA) is 62.1 Å². The van der Waals surface area contributed by atoms with Crippen LogP contribution in [0, 0.1) is 16.7 Å². The smallest absolute Gasteiger partial charge is 0.240 e. The molecular formula is C17H22N2O2. The molecule has 2 aliphatic heterocycles. The van der Waals surface area contributed by atoms with Crippen LogP contribution < -0.4 is 5.32 Å². The summed E-state index contributed by atoms with van der Waals surface area (Å²) in [6, 6.07) is 11.9. The number of amides is 1. The summed E-state index contributed by atoms with van der Waals surface area (Å²) in [5.74, 6) is -0.120. The van der Waals surface area contributed by atoms with Crippen LogP contribution in [0.2, 0.25) is 0 Å². The highest BCUT2D eigenvalue weighted by atomic mass is 16.5. The average molecular weight is 286 g/mol. The monoisotopic (exact) mass is 286 g/mol. The first-order chi connectivity index (χ1) is 10.3. The lowest BCUT2D eigenvalue weighted by molar-refractivity contribution is -0.130. The van der Waals surface area contributed by atoms with Crippen molar-refractivity contribution in [3.63, 3.8) is 0 Å². The molecule has 21 heavy (non-hydrogen) atoms. The standard InChI is InChI=1S/C13H14N2O.C4H8O/c14-10-13(7-4-8-15-12(13)16)9-11-5-2-1-3-6-11;1-2-4-5-3-1/h1-3,5-6H,4,7-9H2,(H,15,16);1-4H2. The van der Waals surface area contributed by atoms with Crippen LogP contribution in [0.15, 0.2) is 30.3 Å². The van der Waals surface area contributed by atoms with Gasteiger partial charge in [-0.3, -0.25) is 4.79 Å². The SMILES string of the molecule is C1CCOC1.N#CC1(Cc2ccccc2)CCCNC1=O. The third-order valence-corrected chi connectivity index (χ3v) is 3.89. The summed E-state index contributed by atoms with van der Waals surface area (Å²) in [4.78, 5) is 11.8. The molecule has 2 aliphatic rings. The van der Waals surface area contributed by atoms with Crippen LogP contribution in [0.5, 0.6) is 0 Å². The molecule has 1 aromatic rings. The van der Waals surface area contributed by atoms with Crippen LogP contribution in [-0.2, 0) is 16.0 Å². The zero-order chi connectivity index (χ0) is 15.0. The van der Waals surface area contributed by atoms with Gasteiger partial charge in [-0.05, 0) is 37.7 Å². The van der Waals surface area contributed by atoms with Crippen molar-refractivity contribution in [1.82, 2.24) is 5.32 Å². The van der Waals surface area contributed by atoms with Gasteiger partial charge < -0.3 is 10.1 Å². The average Bonchev–Trinajstić information content (AvgIpc) is 3.10. The van der Waals surface area contributed by atoms with Crippen LogP contribution in [0.25, 0.3) is 0 Å². The van der Waals surface area contributed by atoms with Gasteiger partial charge in [-0.15, -0.1) is 0 Å². The maximum Gasteiger partial charge on any atom is 0.240 e. The number of nitrogens with zero attached hydrogens (tertiary/aromatic N) is 1.